The van der Waals surface area contributed by atoms with Gasteiger partial charge in [-0.2, -0.15) is 0 Å². The van der Waals surface area contributed by atoms with E-state index in [-0.39, 0.29) is 30.8 Å². The van der Waals surface area contributed by atoms with Crippen molar-refractivity contribution < 1.29 is 29.0 Å². The van der Waals surface area contributed by atoms with E-state index in [4.69, 9.17) is 10.5 Å². The molecular weight excluding hydrogens is 548 g/mol. The minimum Gasteiger partial charge on any atom is -0.480 e. The van der Waals surface area contributed by atoms with E-state index in [1.165, 1.54) is 0 Å². The molecule has 0 radical (unpaired) electrons. The van der Waals surface area contributed by atoms with Crippen molar-refractivity contribution in [2.45, 2.75) is 83.8 Å². The van der Waals surface area contributed by atoms with Crippen LogP contribution in [-0.4, -0.2) is 60.3 Å². The number of hydrogen-bond acceptors (Lipinski definition) is 6. The summed E-state index contributed by atoms with van der Waals surface area (Å²) in [5.74, 6) is -2.28. The molecule has 3 amide bonds. The first kappa shape index (κ1) is 33.6. The van der Waals surface area contributed by atoms with Gasteiger partial charge in [0.25, 0.3) is 0 Å². The molecule has 0 saturated carbocycles. The lowest BCUT2D eigenvalue weighted by Crippen LogP contribution is -2.56. The van der Waals surface area contributed by atoms with Crippen LogP contribution >= 0.6 is 0 Å². The number of ether oxygens (including phenoxy) is 1. The highest BCUT2D eigenvalue weighted by Gasteiger charge is 2.32. The second-order valence-corrected chi connectivity index (χ2v) is 12.0. The largest absolute Gasteiger partial charge is 0.480 e. The first-order valence-corrected chi connectivity index (χ1v) is 15.2. The Labute approximate surface area is 254 Å². The Bertz CT molecular complexity index is 1220. The average Bonchev–Trinajstić information content (AvgIpc) is 3.27. The Morgan fingerprint density at radius 3 is 1.74 bits per heavy atom. The van der Waals surface area contributed by atoms with Gasteiger partial charge in [-0.05, 0) is 72.7 Å². The van der Waals surface area contributed by atoms with Crippen LogP contribution in [0, 0.1) is 11.8 Å². The van der Waals surface area contributed by atoms with Crippen molar-refractivity contribution in [1.82, 2.24) is 16.0 Å². The van der Waals surface area contributed by atoms with Gasteiger partial charge in [0.2, 0.25) is 11.8 Å². The van der Waals surface area contributed by atoms with Crippen LogP contribution in [0.5, 0.6) is 0 Å². The lowest BCUT2D eigenvalue weighted by Gasteiger charge is -2.26. The summed E-state index contributed by atoms with van der Waals surface area (Å²) < 4.78 is 5.66. The van der Waals surface area contributed by atoms with E-state index in [0.717, 1.165) is 22.3 Å². The van der Waals surface area contributed by atoms with Crippen LogP contribution in [0.15, 0.2) is 48.5 Å². The highest BCUT2D eigenvalue weighted by molar-refractivity contribution is 5.93. The molecule has 10 nitrogen and oxygen atoms in total. The number of amides is 3. The molecule has 0 heterocycles. The number of benzene rings is 2. The first-order chi connectivity index (χ1) is 20.5. The number of aliphatic carboxylic acids is 1. The van der Waals surface area contributed by atoms with Crippen LogP contribution in [-0.2, 0) is 19.1 Å². The summed E-state index contributed by atoms with van der Waals surface area (Å²) >= 11 is 0. The minimum absolute atomic E-state index is 0.0372. The molecule has 0 bridgehead atoms. The summed E-state index contributed by atoms with van der Waals surface area (Å²) in [4.78, 5) is 51.3. The van der Waals surface area contributed by atoms with Gasteiger partial charge in [-0.25, -0.2) is 9.59 Å². The lowest BCUT2D eigenvalue weighted by atomic mass is 9.98. The number of unbranched alkanes of at least 4 members (excludes halogenated alkanes) is 1. The summed E-state index contributed by atoms with van der Waals surface area (Å²) in [5, 5.41) is 17.6. The molecule has 3 atom stereocenters. The number of alkyl carbamates (subject to hydrolysis) is 1. The van der Waals surface area contributed by atoms with Crippen molar-refractivity contribution in [3.63, 3.8) is 0 Å². The molecule has 3 rings (SSSR count). The Hall–Kier alpha value is -3.92. The van der Waals surface area contributed by atoms with Crippen molar-refractivity contribution in [3.8, 4) is 11.1 Å². The van der Waals surface area contributed by atoms with Crippen LogP contribution in [0.3, 0.4) is 0 Å². The maximum atomic E-state index is 13.4. The van der Waals surface area contributed by atoms with Gasteiger partial charge in [0.1, 0.15) is 24.7 Å². The standard InChI is InChI=1S/C33H46N4O6/c1-20(2)17-28(30(38)35-27(32(40)41)15-9-10-16-34)36-31(39)29(18-21(3)4)37-33(42)43-19-26-24-13-7-5-11-22(24)23-12-6-8-14-25(23)26/h5-8,11-14,20-21,26-29H,9-10,15-19,34H2,1-4H3,(H,35,38)(H,36,39)(H,37,42)(H,40,41)/t27-,28-,29-/m0/s1. The molecule has 0 aromatic heterocycles. The van der Waals surface area contributed by atoms with E-state index in [1.807, 2.05) is 64.1 Å². The number of nitrogens with two attached hydrogens (primary N) is 1. The molecule has 1 aliphatic rings. The quantitative estimate of drug-likeness (QED) is 0.182. The third kappa shape index (κ3) is 9.54. The molecule has 0 spiro atoms. The number of carbonyl (C=O) groups excluding carboxylic acids is 3. The second-order valence-electron chi connectivity index (χ2n) is 12.0. The molecular formula is C33H46N4O6. The maximum Gasteiger partial charge on any atom is 0.407 e. The molecule has 1 aliphatic carbocycles. The molecule has 0 saturated heterocycles. The van der Waals surface area contributed by atoms with Crippen molar-refractivity contribution in [3.05, 3.63) is 59.7 Å². The van der Waals surface area contributed by atoms with Crippen molar-refractivity contribution >= 4 is 23.9 Å². The molecule has 2 aromatic rings. The first-order valence-electron chi connectivity index (χ1n) is 15.2. The fourth-order valence-electron chi connectivity index (χ4n) is 5.48. The molecule has 10 heteroatoms. The number of nitrogens with one attached hydrogen (secondary N) is 3. The highest BCUT2D eigenvalue weighted by Crippen LogP contribution is 2.44. The fourth-order valence-corrected chi connectivity index (χ4v) is 5.48. The average molecular weight is 595 g/mol. The number of carbonyl (C=O) groups is 4. The van der Waals surface area contributed by atoms with Crippen LogP contribution in [0.2, 0.25) is 0 Å². The summed E-state index contributed by atoms with van der Waals surface area (Å²) in [6, 6.07) is 13.1. The molecule has 0 aliphatic heterocycles. The Morgan fingerprint density at radius 1 is 0.767 bits per heavy atom. The van der Waals surface area contributed by atoms with Gasteiger partial charge < -0.3 is 31.5 Å². The summed E-state index contributed by atoms with van der Waals surface area (Å²) in [5.41, 5.74) is 9.91. The zero-order chi connectivity index (χ0) is 31.5. The maximum absolute atomic E-state index is 13.4. The van der Waals surface area contributed by atoms with E-state index in [9.17, 15) is 24.3 Å². The van der Waals surface area contributed by atoms with Crippen molar-refractivity contribution in [2.75, 3.05) is 13.2 Å². The van der Waals surface area contributed by atoms with Crippen molar-refractivity contribution in [2.24, 2.45) is 17.6 Å². The highest BCUT2D eigenvalue weighted by atomic mass is 16.5. The van der Waals surface area contributed by atoms with Crippen molar-refractivity contribution in [1.29, 1.82) is 0 Å². The minimum atomic E-state index is -1.14. The number of rotatable bonds is 16. The summed E-state index contributed by atoms with van der Waals surface area (Å²) in [7, 11) is 0. The topological polar surface area (TPSA) is 160 Å². The van der Waals surface area contributed by atoms with E-state index in [2.05, 4.69) is 28.1 Å². The number of carboxylic acid groups (broad SMARTS) is 1. The summed E-state index contributed by atoms with van der Waals surface area (Å²) in [6.07, 6.45) is 1.33. The predicted octanol–water partition coefficient (Wildman–Crippen LogP) is 4.17. The van der Waals surface area contributed by atoms with E-state index >= 15 is 0 Å². The normalized spacial score (nSPS) is 14.4. The zero-order valence-electron chi connectivity index (χ0n) is 25.6. The molecule has 6 N–H and O–H groups in total. The van der Waals surface area contributed by atoms with Crippen LogP contribution in [0.25, 0.3) is 11.1 Å². The predicted molar refractivity (Wildman–Crippen MR) is 165 cm³/mol. The SMILES string of the molecule is CC(C)C[C@H](NC(=O)OCC1c2ccccc2-c2ccccc21)C(=O)N[C@@H](CC(C)C)C(=O)N[C@@H](CCCCN)C(=O)O. The van der Waals surface area contributed by atoms with Gasteiger partial charge in [-0.3, -0.25) is 9.59 Å². The van der Waals surface area contributed by atoms with Crippen LogP contribution < -0.4 is 21.7 Å². The number of carboxylic acids is 1. The van der Waals surface area contributed by atoms with Gasteiger partial charge in [0.05, 0.1) is 0 Å². The lowest BCUT2D eigenvalue weighted by molar-refractivity contribution is -0.142. The third-order valence-electron chi connectivity index (χ3n) is 7.56. The Morgan fingerprint density at radius 2 is 1.26 bits per heavy atom. The molecule has 0 fully saturated rings. The third-order valence-corrected chi connectivity index (χ3v) is 7.56. The zero-order valence-corrected chi connectivity index (χ0v) is 25.6. The van der Waals surface area contributed by atoms with Crippen LogP contribution in [0.4, 0.5) is 4.79 Å². The van der Waals surface area contributed by atoms with Gasteiger partial charge in [0, 0.05) is 5.92 Å². The molecule has 234 valence electrons. The molecule has 0 unspecified atom stereocenters. The number of fused-ring (bicyclic) bond motifs is 3. The Balaban J connectivity index is 1.67. The number of hydrogen-bond donors (Lipinski definition) is 5. The molecule has 2 aromatic carbocycles. The van der Waals surface area contributed by atoms with Gasteiger partial charge in [-0.15, -0.1) is 0 Å². The fraction of sp³-hybridized carbons (Fsp3) is 0.515. The summed E-state index contributed by atoms with van der Waals surface area (Å²) in [6.45, 7) is 8.20. The van der Waals surface area contributed by atoms with Gasteiger partial charge >= 0.3 is 12.1 Å². The Kier molecular flexibility index (Phi) is 12.5. The van der Waals surface area contributed by atoms with Gasteiger partial charge in [-0.1, -0.05) is 76.2 Å². The van der Waals surface area contributed by atoms with E-state index < -0.39 is 42.0 Å². The monoisotopic (exact) mass is 594 g/mol. The van der Waals surface area contributed by atoms with Gasteiger partial charge in [0.15, 0.2) is 0 Å². The van der Waals surface area contributed by atoms with Crippen LogP contribution in [0.1, 0.15) is 76.8 Å². The second kappa shape index (κ2) is 16.1. The molecule has 43 heavy (non-hydrogen) atoms. The van der Waals surface area contributed by atoms with E-state index in [0.29, 0.717) is 32.2 Å². The smallest absolute Gasteiger partial charge is 0.407 e. The van der Waals surface area contributed by atoms with E-state index in [1.54, 1.807) is 0 Å².